The van der Waals surface area contributed by atoms with E-state index >= 15 is 0 Å². The molecule has 4 heteroatoms. The summed E-state index contributed by atoms with van der Waals surface area (Å²) in [5.74, 6) is 0.735. The Morgan fingerprint density at radius 1 is 1.33 bits per heavy atom. The second-order valence-corrected chi connectivity index (χ2v) is 4.78. The fraction of sp³-hybridized carbons (Fsp3) is 0.818. The van der Waals surface area contributed by atoms with E-state index in [2.05, 4.69) is 5.32 Å². The molecular formula is C11H18N2O2. The lowest BCUT2D eigenvalue weighted by atomic mass is 10.2. The number of hydrogen-bond acceptors (Lipinski definition) is 2. The van der Waals surface area contributed by atoms with Crippen molar-refractivity contribution in [2.24, 2.45) is 5.92 Å². The molecule has 0 aromatic carbocycles. The van der Waals surface area contributed by atoms with E-state index in [0.717, 1.165) is 6.54 Å². The van der Waals surface area contributed by atoms with Crippen LogP contribution < -0.4 is 5.32 Å². The summed E-state index contributed by atoms with van der Waals surface area (Å²) in [6.45, 7) is 4.55. The summed E-state index contributed by atoms with van der Waals surface area (Å²) < 4.78 is 0. The van der Waals surface area contributed by atoms with Gasteiger partial charge in [0, 0.05) is 19.0 Å². The van der Waals surface area contributed by atoms with Crippen LogP contribution in [0.15, 0.2) is 0 Å². The van der Waals surface area contributed by atoms with E-state index in [1.54, 1.807) is 6.92 Å². The Morgan fingerprint density at radius 2 is 2.00 bits per heavy atom. The van der Waals surface area contributed by atoms with Gasteiger partial charge in [0.15, 0.2) is 0 Å². The van der Waals surface area contributed by atoms with Crippen LogP contribution in [0.4, 0.5) is 0 Å². The Morgan fingerprint density at radius 3 is 2.60 bits per heavy atom. The summed E-state index contributed by atoms with van der Waals surface area (Å²) in [5.41, 5.74) is 0. The molecule has 2 aliphatic rings. The number of nitrogens with one attached hydrogen (secondary N) is 1. The van der Waals surface area contributed by atoms with Gasteiger partial charge in [0.1, 0.15) is 6.04 Å². The Balaban J connectivity index is 2.09. The third-order valence-electron chi connectivity index (χ3n) is 3.20. The molecule has 0 spiro atoms. The molecule has 0 aromatic rings. The van der Waals surface area contributed by atoms with E-state index < -0.39 is 0 Å². The van der Waals surface area contributed by atoms with Crippen LogP contribution in [0.5, 0.6) is 0 Å². The first-order valence-corrected chi connectivity index (χ1v) is 5.67. The number of hydrogen-bond donors (Lipinski definition) is 1. The van der Waals surface area contributed by atoms with Crippen LogP contribution in [0.1, 0.15) is 33.1 Å². The van der Waals surface area contributed by atoms with Gasteiger partial charge in [-0.2, -0.15) is 0 Å². The number of amides is 2. The van der Waals surface area contributed by atoms with E-state index in [1.165, 1.54) is 12.8 Å². The van der Waals surface area contributed by atoms with E-state index in [-0.39, 0.29) is 23.9 Å². The van der Waals surface area contributed by atoms with Crippen molar-refractivity contribution in [3.8, 4) is 0 Å². The van der Waals surface area contributed by atoms with Crippen LogP contribution in [-0.2, 0) is 9.59 Å². The van der Waals surface area contributed by atoms with Crippen molar-refractivity contribution in [2.75, 3.05) is 6.54 Å². The molecule has 2 atom stereocenters. The number of nitrogens with zero attached hydrogens (tertiary/aromatic N) is 1. The van der Waals surface area contributed by atoms with Gasteiger partial charge in [-0.25, -0.2) is 0 Å². The summed E-state index contributed by atoms with van der Waals surface area (Å²) in [5, 5.41) is 2.72. The molecule has 1 aliphatic carbocycles. The van der Waals surface area contributed by atoms with E-state index in [0.29, 0.717) is 12.3 Å². The predicted octanol–water partition coefficient (Wildman–Crippen LogP) is 0.522. The van der Waals surface area contributed by atoms with E-state index in [1.807, 2.05) is 11.8 Å². The van der Waals surface area contributed by atoms with Crippen molar-refractivity contribution >= 4 is 11.8 Å². The fourth-order valence-electron chi connectivity index (χ4n) is 2.06. The highest BCUT2D eigenvalue weighted by molar-refractivity contribution is 5.90. The minimum Gasteiger partial charge on any atom is -0.345 e. The maximum Gasteiger partial charge on any atom is 0.245 e. The minimum absolute atomic E-state index is 0.0124. The SMILES string of the molecule is CC1NC(=O)CC(C)N(CC2CC2)C1=O. The van der Waals surface area contributed by atoms with Crippen LogP contribution in [0.2, 0.25) is 0 Å². The highest BCUT2D eigenvalue weighted by Gasteiger charge is 2.35. The monoisotopic (exact) mass is 210 g/mol. The zero-order valence-electron chi connectivity index (χ0n) is 9.32. The van der Waals surface area contributed by atoms with Crippen LogP contribution >= 0.6 is 0 Å². The molecule has 1 saturated heterocycles. The Kier molecular flexibility index (Phi) is 2.67. The molecule has 84 valence electrons. The Labute approximate surface area is 90.0 Å². The van der Waals surface area contributed by atoms with Crippen molar-refractivity contribution in [3.63, 3.8) is 0 Å². The normalized spacial score (nSPS) is 32.5. The molecule has 0 bridgehead atoms. The zero-order chi connectivity index (χ0) is 11.0. The van der Waals surface area contributed by atoms with Gasteiger partial charge in [-0.1, -0.05) is 0 Å². The largest absolute Gasteiger partial charge is 0.345 e. The second-order valence-electron chi connectivity index (χ2n) is 4.78. The molecule has 1 N–H and O–H groups in total. The molecule has 0 aromatic heterocycles. The first-order valence-electron chi connectivity index (χ1n) is 5.67. The number of rotatable bonds is 2. The molecule has 0 radical (unpaired) electrons. The maximum absolute atomic E-state index is 12.0. The quantitative estimate of drug-likeness (QED) is 0.722. The molecule has 15 heavy (non-hydrogen) atoms. The molecule has 1 aliphatic heterocycles. The van der Waals surface area contributed by atoms with Gasteiger partial charge in [0.25, 0.3) is 0 Å². The van der Waals surface area contributed by atoms with Crippen LogP contribution in [-0.4, -0.2) is 35.3 Å². The van der Waals surface area contributed by atoms with Crippen molar-refractivity contribution in [3.05, 3.63) is 0 Å². The summed E-state index contributed by atoms with van der Waals surface area (Å²) in [7, 11) is 0. The minimum atomic E-state index is -0.360. The average molecular weight is 210 g/mol. The first-order chi connectivity index (χ1) is 7.08. The van der Waals surface area contributed by atoms with Gasteiger partial charge in [0.05, 0.1) is 0 Å². The molecule has 2 fully saturated rings. The van der Waals surface area contributed by atoms with Crippen molar-refractivity contribution in [1.82, 2.24) is 10.2 Å². The third-order valence-corrected chi connectivity index (χ3v) is 3.20. The van der Waals surface area contributed by atoms with Crippen molar-refractivity contribution in [2.45, 2.75) is 45.2 Å². The predicted molar refractivity (Wildman–Crippen MR) is 56.1 cm³/mol. The fourth-order valence-corrected chi connectivity index (χ4v) is 2.06. The van der Waals surface area contributed by atoms with E-state index in [9.17, 15) is 9.59 Å². The number of carbonyl (C=O) groups is 2. The van der Waals surface area contributed by atoms with Crippen molar-refractivity contribution in [1.29, 1.82) is 0 Å². The lowest BCUT2D eigenvalue weighted by Crippen LogP contribution is -2.45. The summed E-state index contributed by atoms with van der Waals surface area (Å²) in [4.78, 5) is 25.3. The van der Waals surface area contributed by atoms with Gasteiger partial charge < -0.3 is 10.2 Å². The van der Waals surface area contributed by atoms with E-state index in [4.69, 9.17) is 0 Å². The summed E-state index contributed by atoms with van der Waals surface area (Å²) in [6.07, 6.45) is 2.89. The Bertz CT molecular complexity index is 286. The first kappa shape index (κ1) is 10.5. The highest BCUT2D eigenvalue weighted by Crippen LogP contribution is 2.31. The van der Waals surface area contributed by atoms with Gasteiger partial charge in [0.2, 0.25) is 11.8 Å². The third kappa shape index (κ3) is 2.30. The topological polar surface area (TPSA) is 49.4 Å². The number of carbonyl (C=O) groups excluding carboxylic acids is 2. The lowest BCUT2D eigenvalue weighted by molar-refractivity contribution is -0.134. The Hall–Kier alpha value is -1.06. The van der Waals surface area contributed by atoms with Gasteiger partial charge in [-0.3, -0.25) is 9.59 Å². The molecule has 4 nitrogen and oxygen atoms in total. The summed E-state index contributed by atoms with van der Waals surface area (Å²) in [6, 6.07) is -0.316. The van der Waals surface area contributed by atoms with Crippen molar-refractivity contribution < 1.29 is 9.59 Å². The molecule has 1 heterocycles. The highest BCUT2D eigenvalue weighted by atomic mass is 16.2. The molecule has 2 rings (SSSR count). The van der Waals surface area contributed by atoms with Gasteiger partial charge >= 0.3 is 0 Å². The average Bonchev–Trinajstić information content (AvgIpc) is 2.95. The molecule has 1 saturated carbocycles. The second kappa shape index (κ2) is 3.83. The van der Waals surface area contributed by atoms with Crippen LogP contribution in [0.3, 0.4) is 0 Å². The molecular weight excluding hydrogens is 192 g/mol. The zero-order valence-corrected chi connectivity index (χ0v) is 9.32. The molecule has 2 unspecified atom stereocenters. The van der Waals surface area contributed by atoms with Crippen LogP contribution in [0, 0.1) is 5.92 Å². The molecule has 2 amide bonds. The summed E-state index contributed by atoms with van der Waals surface area (Å²) >= 11 is 0. The lowest BCUT2D eigenvalue weighted by Gasteiger charge is -2.27. The van der Waals surface area contributed by atoms with Gasteiger partial charge in [-0.15, -0.1) is 0 Å². The maximum atomic E-state index is 12.0. The van der Waals surface area contributed by atoms with Gasteiger partial charge in [-0.05, 0) is 32.6 Å². The van der Waals surface area contributed by atoms with Crippen LogP contribution in [0.25, 0.3) is 0 Å². The smallest absolute Gasteiger partial charge is 0.245 e. The standard InChI is InChI=1S/C11H18N2O2/c1-7-5-10(14)12-8(2)11(15)13(7)6-9-3-4-9/h7-9H,3-6H2,1-2H3,(H,12,14).